The fourth-order valence-corrected chi connectivity index (χ4v) is 3.08. The summed E-state index contributed by atoms with van der Waals surface area (Å²) >= 11 is 0. The highest BCUT2D eigenvalue weighted by Gasteiger charge is 2.29. The van der Waals surface area contributed by atoms with Gasteiger partial charge in [-0.1, -0.05) is 12.5 Å². The molecule has 1 amide bonds. The first kappa shape index (κ1) is 17.7. The van der Waals surface area contributed by atoms with Crippen LogP contribution in [0.5, 0.6) is 0 Å². The van der Waals surface area contributed by atoms with Crippen molar-refractivity contribution in [3.63, 3.8) is 0 Å². The highest BCUT2D eigenvalue weighted by atomic mass is 16.6. The number of carbonyl (C=O) groups excluding carboxylic acids is 1. The minimum atomic E-state index is -0.452. The number of pyridine rings is 1. The number of rotatable bonds is 5. The van der Waals surface area contributed by atoms with Crippen molar-refractivity contribution in [3.8, 4) is 0 Å². The Hall–Kier alpha value is -1.62. The van der Waals surface area contributed by atoms with E-state index in [0.717, 1.165) is 12.8 Å². The zero-order valence-corrected chi connectivity index (χ0v) is 14.6. The second kappa shape index (κ2) is 7.77. The van der Waals surface area contributed by atoms with Gasteiger partial charge in [-0.15, -0.1) is 0 Å². The van der Waals surface area contributed by atoms with Crippen molar-refractivity contribution in [2.75, 3.05) is 6.54 Å². The molecule has 0 radical (unpaired) electrons. The van der Waals surface area contributed by atoms with Gasteiger partial charge >= 0.3 is 6.09 Å². The van der Waals surface area contributed by atoms with Crippen LogP contribution in [0.2, 0.25) is 0 Å². The molecular weight excluding hydrogens is 290 g/mol. The summed E-state index contributed by atoms with van der Waals surface area (Å²) in [7, 11) is 0. The number of hydrogen-bond donors (Lipinski definition) is 2. The normalized spacial score (nSPS) is 22.6. The van der Waals surface area contributed by atoms with E-state index in [1.807, 2.05) is 33.0 Å². The molecule has 1 aliphatic carbocycles. The van der Waals surface area contributed by atoms with Gasteiger partial charge in [-0.05, 0) is 58.1 Å². The lowest BCUT2D eigenvalue weighted by molar-refractivity contribution is 0.0517. The van der Waals surface area contributed by atoms with E-state index in [1.54, 1.807) is 6.20 Å². The third kappa shape index (κ3) is 5.82. The van der Waals surface area contributed by atoms with Crippen LogP contribution >= 0.6 is 0 Å². The number of carbonyl (C=O) groups is 1. The molecule has 1 fully saturated rings. The number of amides is 1. The van der Waals surface area contributed by atoms with Gasteiger partial charge in [-0.2, -0.15) is 0 Å². The number of alkyl carbamates (subject to hydrolysis) is 1. The topological polar surface area (TPSA) is 63.2 Å². The number of nitrogens with one attached hydrogen (secondary N) is 2. The fraction of sp³-hybridized carbons (Fsp3) is 0.667. The van der Waals surface area contributed by atoms with Crippen molar-refractivity contribution in [2.24, 2.45) is 5.92 Å². The summed E-state index contributed by atoms with van der Waals surface area (Å²) in [6.45, 7) is 8.45. The van der Waals surface area contributed by atoms with Gasteiger partial charge in [-0.3, -0.25) is 4.98 Å². The molecule has 0 aromatic carbocycles. The van der Waals surface area contributed by atoms with Crippen molar-refractivity contribution < 1.29 is 9.53 Å². The molecule has 1 heterocycles. The Balaban J connectivity index is 1.82. The average Bonchev–Trinajstić information content (AvgIpc) is 2.91. The van der Waals surface area contributed by atoms with Crippen LogP contribution in [0.4, 0.5) is 4.79 Å². The van der Waals surface area contributed by atoms with E-state index in [4.69, 9.17) is 4.74 Å². The predicted molar refractivity (Wildman–Crippen MR) is 91.2 cm³/mol. The van der Waals surface area contributed by atoms with Crippen LogP contribution in [-0.4, -0.2) is 29.3 Å². The van der Waals surface area contributed by atoms with Crippen molar-refractivity contribution in [3.05, 3.63) is 30.1 Å². The van der Waals surface area contributed by atoms with Crippen LogP contribution in [0, 0.1) is 5.92 Å². The Morgan fingerprint density at radius 2 is 2.22 bits per heavy atom. The molecule has 0 spiro atoms. The molecular formula is C18H29N3O2. The summed E-state index contributed by atoms with van der Waals surface area (Å²) < 4.78 is 5.30. The molecule has 1 aromatic rings. The van der Waals surface area contributed by atoms with Gasteiger partial charge in [0.05, 0.1) is 0 Å². The Morgan fingerprint density at radius 1 is 1.43 bits per heavy atom. The lowest BCUT2D eigenvalue weighted by Gasteiger charge is -2.26. The lowest BCUT2D eigenvalue weighted by atomic mass is 10.0. The molecule has 0 aliphatic heterocycles. The van der Waals surface area contributed by atoms with Crippen molar-refractivity contribution in [1.29, 1.82) is 0 Å². The average molecular weight is 319 g/mol. The first-order valence-electron chi connectivity index (χ1n) is 8.48. The monoisotopic (exact) mass is 319 g/mol. The van der Waals surface area contributed by atoms with Crippen molar-refractivity contribution in [2.45, 2.75) is 64.6 Å². The molecule has 128 valence electrons. The van der Waals surface area contributed by atoms with Gasteiger partial charge in [0, 0.05) is 31.0 Å². The molecule has 2 N–H and O–H groups in total. The number of aromatic nitrogens is 1. The van der Waals surface area contributed by atoms with E-state index < -0.39 is 5.60 Å². The van der Waals surface area contributed by atoms with E-state index in [2.05, 4.69) is 28.6 Å². The largest absolute Gasteiger partial charge is 0.444 e. The summed E-state index contributed by atoms with van der Waals surface area (Å²) in [5.41, 5.74) is 0.741. The summed E-state index contributed by atoms with van der Waals surface area (Å²) in [6, 6.07) is 4.73. The highest BCUT2D eigenvalue weighted by molar-refractivity contribution is 5.67. The molecule has 1 aromatic heterocycles. The Morgan fingerprint density at radius 3 is 2.87 bits per heavy atom. The molecule has 1 aliphatic rings. The smallest absolute Gasteiger partial charge is 0.407 e. The van der Waals surface area contributed by atoms with Gasteiger partial charge < -0.3 is 15.4 Å². The van der Waals surface area contributed by atoms with Crippen LogP contribution in [0.15, 0.2) is 24.5 Å². The van der Waals surface area contributed by atoms with Crippen LogP contribution in [0.25, 0.3) is 0 Å². The van der Waals surface area contributed by atoms with Gasteiger partial charge in [0.15, 0.2) is 0 Å². The van der Waals surface area contributed by atoms with Crippen LogP contribution in [-0.2, 0) is 4.74 Å². The van der Waals surface area contributed by atoms with Gasteiger partial charge in [-0.25, -0.2) is 4.79 Å². The van der Waals surface area contributed by atoms with Gasteiger partial charge in [0.1, 0.15) is 5.60 Å². The molecule has 2 rings (SSSR count). The van der Waals surface area contributed by atoms with Gasteiger partial charge in [0.2, 0.25) is 0 Å². The van der Waals surface area contributed by atoms with Crippen LogP contribution < -0.4 is 10.6 Å². The SMILES string of the molecule is C[C@H](NC1CCCC1CNC(=O)OC(C)(C)C)c1cccnc1. The maximum atomic E-state index is 11.8. The van der Waals surface area contributed by atoms with E-state index in [-0.39, 0.29) is 12.1 Å². The predicted octanol–water partition coefficient (Wildman–Crippen LogP) is 3.43. The summed E-state index contributed by atoms with van der Waals surface area (Å²) in [6.07, 6.45) is 6.83. The van der Waals surface area contributed by atoms with Crippen molar-refractivity contribution in [1.82, 2.24) is 15.6 Å². The third-order valence-corrected chi connectivity index (χ3v) is 4.22. The quantitative estimate of drug-likeness (QED) is 0.873. The lowest BCUT2D eigenvalue weighted by Crippen LogP contribution is -2.41. The van der Waals surface area contributed by atoms with E-state index >= 15 is 0 Å². The molecule has 5 nitrogen and oxygen atoms in total. The zero-order valence-electron chi connectivity index (χ0n) is 14.6. The van der Waals surface area contributed by atoms with E-state index in [9.17, 15) is 4.79 Å². The molecule has 23 heavy (non-hydrogen) atoms. The van der Waals surface area contributed by atoms with Crippen LogP contribution in [0.1, 0.15) is 58.6 Å². The molecule has 2 unspecified atom stereocenters. The third-order valence-electron chi connectivity index (χ3n) is 4.22. The molecule has 5 heteroatoms. The second-order valence-corrected chi connectivity index (χ2v) is 7.35. The first-order chi connectivity index (χ1) is 10.8. The molecule has 3 atom stereocenters. The van der Waals surface area contributed by atoms with Gasteiger partial charge in [0.25, 0.3) is 0 Å². The number of hydrogen-bond acceptors (Lipinski definition) is 4. The first-order valence-corrected chi connectivity index (χ1v) is 8.48. The Kier molecular flexibility index (Phi) is 5.99. The minimum absolute atomic E-state index is 0.260. The van der Waals surface area contributed by atoms with Crippen molar-refractivity contribution >= 4 is 6.09 Å². The summed E-state index contributed by atoms with van der Waals surface area (Å²) in [4.78, 5) is 16.0. The summed E-state index contributed by atoms with van der Waals surface area (Å²) in [5, 5.41) is 6.60. The Labute approximate surface area is 139 Å². The summed E-state index contributed by atoms with van der Waals surface area (Å²) in [5.74, 6) is 0.446. The number of nitrogens with zero attached hydrogens (tertiary/aromatic N) is 1. The maximum absolute atomic E-state index is 11.8. The van der Waals surface area contributed by atoms with E-state index in [0.29, 0.717) is 18.5 Å². The fourth-order valence-electron chi connectivity index (χ4n) is 3.08. The molecule has 1 saturated carbocycles. The Bertz CT molecular complexity index is 499. The van der Waals surface area contributed by atoms with Crippen LogP contribution in [0.3, 0.4) is 0 Å². The molecule has 0 bridgehead atoms. The highest BCUT2D eigenvalue weighted by Crippen LogP contribution is 2.27. The standard InChI is InChI=1S/C18H29N3O2/c1-13(14-8-6-10-19-11-14)21-16-9-5-7-15(16)12-20-17(22)23-18(2,3)4/h6,8,10-11,13,15-16,21H,5,7,9,12H2,1-4H3,(H,20,22)/t13-,15?,16?/m0/s1. The van der Waals surface area contributed by atoms with E-state index in [1.165, 1.54) is 12.0 Å². The zero-order chi connectivity index (χ0) is 16.9. The second-order valence-electron chi connectivity index (χ2n) is 7.35. The number of ether oxygens (including phenoxy) is 1. The maximum Gasteiger partial charge on any atom is 0.407 e. The molecule has 0 saturated heterocycles. The minimum Gasteiger partial charge on any atom is -0.444 e.